The minimum absolute atomic E-state index is 0.0421. The zero-order chi connectivity index (χ0) is 10.0. The standard InChI is InChI=1S/C7H4BrCl2F2N/c8-2-5-3(7(11)12)1-4(9)6(10)13-5/h1,7H,2H2. The molecule has 0 amide bonds. The number of nitrogens with zero attached hydrogens (tertiary/aromatic N) is 1. The van der Waals surface area contributed by atoms with E-state index in [1.165, 1.54) is 0 Å². The molecule has 0 spiro atoms. The monoisotopic (exact) mass is 289 g/mol. The van der Waals surface area contributed by atoms with Crippen molar-refractivity contribution in [2.45, 2.75) is 11.8 Å². The predicted molar refractivity (Wildman–Crippen MR) is 51.8 cm³/mol. The summed E-state index contributed by atoms with van der Waals surface area (Å²) in [5.41, 5.74) is 0.0238. The van der Waals surface area contributed by atoms with Crippen molar-refractivity contribution in [3.8, 4) is 0 Å². The highest BCUT2D eigenvalue weighted by atomic mass is 79.9. The molecule has 0 bridgehead atoms. The van der Waals surface area contributed by atoms with Crippen LogP contribution in [-0.2, 0) is 5.33 Å². The van der Waals surface area contributed by atoms with Gasteiger partial charge in [0.2, 0.25) is 0 Å². The molecule has 0 atom stereocenters. The van der Waals surface area contributed by atoms with Crippen LogP contribution in [0.1, 0.15) is 17.7 Å². The van der Waals surface area contributed by atoms with Crippen molar-refractivity contribution in [1.82, 2.24) is 4.98 Å². The highest BCUT2D eigenvalue weighted by Crippen LogP contribution is 2.29. The summed E-state index contributed by atoms with van der Waals surface area (Å²) in [7, 11) is 0. The Morgan fingerprint density at radius 2 is 2.08 bits per heavy atom. The van der Waals surface area contributed by atoms with Crippen LogP contribution in [0.25, 0.3) is 0 Å². The molecule has 6 heteroatoms. The van der Waals surface area contributed by atoms with Crippen LogP contribution in [0, 0.1) is 0 Å². The molecular formula is C7H4BrCl2F2N. The summed E-state index contributed by atoms with van der Waals surface area (Å²) < 4.78 is 24.7. The van der Waals surface area contributed by atoms with Crippen LogP contribution in [0.15, 0.2) is 6.07 Å². The first kappa shape index (κ1) is 11.1. The molecule has 72 valence electrons. The number of alkyl halides is 3. The Morgan fingerprint density at radius 3 is 2.54 bits per heavy atom. The SMILES string of the molecule is FC(F)c1cc(Cl)c(Cl)nc1CBr. The van der Waals surface area contributed by atoms with Gasteiger partial charge in [-0.25, -0.2) is 13.8 Å². The van der Waals surface area contributed by atoms with Gasteiger partial charge in [0, 0.05) is 10.9 Å². The van der Waals surface area contributed by atoms with E-state index in [0.717, 1.165) is 6.07 Å². The fraction of sp³-hybridized carbons (Fsp3) is 0.286. The second-order valence-corrected chi connectivity index (χ2v) is 3.56. The summed E-state index contributed by atoms with van der Waals surface area (Å²) in [5.74, 6) is 0. The molecule has 1 aromatic rings. The Kier molecular flexibility index (Phi) is 3.88. The van der Waals surface area contributed by atoms with Gasteiger partial charge in [0.05, 0.1) is 10.7 Å². The Bertz CT molecular complexity index is 320. The van der Waals surface area contributed by atoms with E-state index in [1.54, 1.807) is 0 Å². The van der Waals surface area contributed by atoms with E-state index >= 15 is 0 Å². The number of aromatic nitrogens is 1. The Hall–Kier alpha value is 0.0700. The third-order valence-corrected chi connectivity index (χ3v) is 2.61. The molecule has 0 unspecified atom stereocenters. The van der Waals surface area contributed by atoms with Crippen molar-refractivity contribution < 1.29 is 8.78 Å². The molecule has 1 rings (SSSR count). The normalized spacial score (nSPS) is 10.9. The maximum absolute atomic E-state index is 12.4. The Balaban J connectivity index is 3.25. The second-order valence-electron chi connectivity index (χ2n) is 2.23. The average molecular weight is 291 g/mol. The third-order valence-electron chi connectivity index (χ3n) is 1.41. The van der Waals surface area contributed by atoms with E-state index in [4.69, 9.17) is 23.2 Å². The maximum Gasteiger partial charge on any atom is 0.265 e. The van der Waals surface area contributed by atoms with Gasteiger partial charge in [-0.3, -0.25) is 0 Å². The summed E-state index contributed by atoms with van der Waals surface area (Å²) in [4.78, 5) is 3.72. The lowest BCUT2D eigenvalue weighted by Crippen LogP contribution is -1.96. The summed E-state index contributed by atoms with van der Waals surface area (Å²) in [6, 6.07) is 1.14. The van der Waals surface area contributed by atoms with Gasteiger partial charge in [0.1, 0.15) is 5.15 Å². The lowest BCUT2D eigenvalue weighted by molar-refractivity contribution is 0.150. The smallest absolute Gasteiger partial charge is 0.238 e. The van der Waals surface area contributed by atoms with E-state index in [2.05, 4.69) is 20.9 Å². The fourth-order valence-corrected chi connectivity index (χ4v) is 1.58. The van der Waals surface area contributed by atoms with Crippen molar-refractivity contribution >= 4 is 39.1 Å². The molecular weight excluding hydrogens is 287 g/mol. The van der Waals surface area contributed by atoms with Crippen LogP contribution in [-0.4, -0.2) is 4.98 Å². The lowest BCUT2D eigenvalue weighted by atomic mass is 10.2. The molecule has 0 aliphatic heterocycles. The van der Waals surface area contributed by atoms with Gasteiger partial charge in [0.25, 0.3) is 6.43 Å². The molecule has 0 N–H and O–H groups in total. The van der Waals surface area contributed by atoms with Gasteiger partial charge in [-0.2, -0.15) is 0 Å². The zero-order valence-electron chi connectivity index (χ0n) is 6.20. The fourth-order valence-electron chi connectivity index (χ4n) is 0.812. The highest BCUT2D eigenvalue weighted by molar-refractivity contribution is 9.08. The van der Waals surface area contributed by atoms with Crippen molar-refractivity contribution in [3.05, 3.63) is 27.5 Å². The molecule has 0 saturated heterocycles. The number of halogens is 5. The topological polar surface area (TPSA) is 12.9 Å². The quantitative estimate of drug-likeness (QED) is 0.587. The number of hydrogen-bond donors (Lipinski definition) is 0. The second kappa shape index (κ2) is 4.53. The first-order chi connectivity index (χ1) is 6.06. The number of rotatable bonds is 2. The molecule has 0 aliphatic rings. The van der Waals surface area contributed by atoms with Crippen LogP contribution in [0.5, 0.6) is 0 Å². The third kappa shape index (κ3) is 2.51. The minimum atomic E-state index is -2.59. The van der Waals surface area contributed by atoms with Crippen LogP contribution < -0.4 is 0 Å². The van der Waals surface area contributed by atoms with E-state index in [1.807, 2.05) is 0 Å². The van der Waals surface area contributed by atoms with E-state index < -0.39 is 6.43 Å². The van der Waals surface area contributed by atoms with Gasteiger partial charge < -0.3 is 0 Å². The molecule has 0 fully saturated rings. The summed E-state index contributed by atoms with van der Waals surface area (Å²) in [6.45, 7) is 0. The predicted octanol–water partition coefficient (Wildman–Crippen LogP) is 4.22. The van der Waals surface area contributed by atoms with E-state index in [0.29, 0.717) is 0 Å². The van der Waals surface area contributed by atoms with Crippen molar-refractivity contribution in [1.29, 1.82) is 0 Å². The average Bonchev–Trinajstić information content (AvgIpc) is 2.08. The molecule has 0 aromatic carbocycles. The van der Waals surface area contributed by atoms with Gasteiger partial charge in [-0.1, -0.05) is 39.1 Å². The van der Waals surface area contributed by atoms with Gasteiger partial charge in [0.15, 0.2) is 0 Å². The van der Waals surface area contributed by atoms with Crippen molar-refractivity contribution in [2.75, 3.05) is 0 Å². The van der Waals surface area contributed by atoms with Gasteiger partial charge in [-0.15, -0.1) is 0 Å². The van der Waals surface area contributed by atoms with Crippen LogP contribution in [0.2, 0.25) is 10.2 Å². The van der Waals surface area contributed by atoms with Crippen molar-refractivity contribution in [2.24, 2.45) is 0 Å². The van der Waals surface area contributed by atoms with Gasteiger partial charge in [-0.05, 0) is 6.07 Å². The summed E-state index contributed by atoms with van der Waals surface area (Å²) >= 11 is 14.1. The molecule has 1 heterocycles. The molecule has 1 nitrogen and oxygen atoms in total. The maximum atomic E-state index is 12.4. The number of pyridine rings is 1. The van der Waals surface area contributed by atoms with E-state index in [9.17, 15) is 8.78 Å². The summed E-state index contributed by atoms with van der Waals surface area (Å²) in [6.07, 6.45) is -2.59. The minimum Gasteiger partial charge on any atom is -0.238 e. The van der Waals surface area contributed by atoms with Crippen molar-refractivity contribution in [3.63, 3.8) is 0 Å². The molecule has 1 aromatic heterocycles. The van der Waals surface area contributed by atoms with Crippen LogP contribution >= 0.6 is 39.1 Å². The Labute approximate surface area is 92.2 Å². The lowest BCUT2D eigenvalue weighted by Gasteiger charge is -2.06. The van der Waals surface area contributed by atoms with Crippen LogP contribution in [0.4, 0.5) is 8.78 Å². The largest absolute Gasteiger partial charge is 0.265 e. The Morgan fingerprint density at radius 1 is 1.46 bits per heavy atom. The first-order valence-electron chi connectivity index (χ1n) is 3.25. The molecule has 0 saturated carbocycles. The summed E-state index contributed by atoms with van der Waals surface area (Å²) in [5, 5.41) is 0.311. The molecule has 0 radical (unpaired) electrons. The highest BCUT2D eigenvalue weighted by Gasteiger charge is 2.16. The van der Waals surface area contributed by atoms with E-state index in [-0.39, 0.29) is 26.8 Å². The molecule has 13 heavy (non-hydrogen) atoms. The van der Waals surface area contributed by atoms with Crippen LogP contribution in [0.3, 0.4) is 0 Å². The first-order valence-corrected chi connectivity index (χ1v) is 5.13. The number of hydrogen-bond acceptors (Lipinski definition) is 1. The van der Waals surface area contributed by atoms with Gasteiger partial charge >= 0.3 is 0 Å². The zero-order valence-corrected chi connectivity index (χ0v) is 9.30. The molecule has 0 aliphatic carbocycles.